The zero-order valence-electron chi connectivity index (χ0n) is 21.3. The predicted molar refractivity (Wildman–Crippen MR) is 144 cm³/mol. The average molecular weight is 512 g/mol. The standard InChI is InChI=1S/C28H29N7O3/c1-3-38-28(37)34-15-11-20(12-16-34)24-5-4-14-35-25(24)32-27(33-35)31-22-8-6-21(7-9-22)26(36)30-18-23-17-19(2)10-13-29-23/h4-11,13-14,17H,3,12,15-16,18H2,1-2H3,(H,30,36)(H,31,33). The minimum atomic E-state index is -0.290. The number of benzene rings is 1. The van der Waals surface area contributed by atoms with Crippen molar-refractivity contribution in [2.75, 3.05) is 25.0 Å². The van der Waals surface area contributed by atoms with Crippen LogP contribution in [0.5, 0.6) is 0 Å². The summed E-state index contributed by atoms with van der Waals surface area (Å²) in [6, 6.07) is 15.0. The third kappa shape index (κ3) is 5.64. The average Bonchev–Trinajstić information content (AvgIpc) is 3.35. The van der Waals surface area contributed by atoms with Gasteiger partial charge in [0.1, 0.15) is 0 Å². The Labute approximate surface area is 220 Å². The van der Waals surface area contributed by atoms with Crippen LogP contribution in [0.2, 0.25) is 0 Å². The lowest BCUT2D eigenvalue weighted by atomic mass is 10.0. The van der Waals surface area contributed by atoms with Crippen LogP contribution in [0.3, 0.4) is 0 Å². The number of fused-ring (bicyclic) bond motifs is 1. The maximum absolute atomic E-state index is 12.5. The summed E-state index contributed by atoms with van der Waals surface area (Å²) in [5, 5.41) is 10.7. The van der Waals surface area contributed by atoms with E-state index in [9.17, 15) is 9.59 Å². The molecule has 3 aromatic heterocycles. The molecule has 1 aliphatic heterocycles. The first-order valence-electron chi connectivity index (χ1n) is 12.5. The number of rotatable bonds is 7. The van der Waals surface area contributed by atoms with E-state index in [1.54, 1.807) is 34.7 Å². The highest BCUT2D eigenvalue weighted by atomic mass is 16.6. The Kier molecular flexibility index (Phi) is 7.30. The van der Waals surface area contributed by atoms with Gasteiger partial charge in [0.25, 0.3) is 5.91 Å². The van der Waals surface area contributed by atoms with E-state index in [1.165, 1.54) is 0 Å². The molecule has 0 saturated carbocycles. The number of anilines is 2. The van der Waals surface area contributed by atoms with E-state index in [1.807, 2.05) is 55.6 Å². The number of aryl methyl sites for hydroxylation is 1. The second-order valence-electron chi connectivity index (χ2n) is 8.96. The van der Waals surface area contributed by atoms with Gasteiger partial charge in [0.15, 0.2) is 5.65 Å². The molecule has 2 N–H and O–H groups in total. The number of carbonyl (C=O) groups excluding carboxylic acids is 2. The summed E-state index contributed by atoms with van der Waals surface area (Å²) in [7, 11) is 0. The van der Waals surface area contributed by atoms with E-state index in [0.717, 1.165) is 33.7 Å². The second-order valence-corrected chi connectivity index (χ2v) is 8.96. The normalized spacial score (nSPS) is 13.2. The fraction of sp³-hybridized carbons (Fsp3) is 0.250. The molecule has 0 aliphatic carbocycles. The van der Waals surface area contributed by atoms with Crippen molar-refractivity contribution >= 4 is 34.9 Å². The Balaban J connectivity index is 1.25. The Hall–Kier alpha value is -4.73. The zero-order valence-corrected chi connectivity index (χ0v) is 21.3. The van der Waals surface area contributed by atoms with E-state index in [4.69, 9.17) is 9.72 Å². The molecule has 0 saturated heterocycles. The molecule has 0 atom stereocenters. The van der Waals surface area contributed by atoms with Crippen LogP contribution in [0.4, 0.5) is 16.4 Å². The van der Waals surface area contributed by atoms with Crippen molar-refractivity contribution in [3.8, 4) is 0 Å². The minimum Gasteiger partial charge on any atom is -0.450 e. The summed E-state index contributed by atoms with van der Waals surface area (Å²) in [6.45, 7) is 5.61. The van der Waals surface area contributed by atoms with Crippen molar-refractivity contribution in [2.24, 2.45) is 0 Å². The first-order chi connectivity index (χ1) is 18.5. The molecule has 0 bridgehead atoms. The molecule has 0 radical (unpaired) electrons. The SMILES string of the molecule is CCOC(=O)N1CC=C(c2cccn3nc(Nc4ccc(C(=O)NCc5cc(C)ccn5)cc4)nc23)CC1. The minimum absolute atomic E-state index is 0.169. The molecule has 10 nitrogen and oxygen atoms in total. The largest absolute Gasteiger partial charge is 0.450 e. The number of pyridine rings is 2. The topological polar surface area (TPSA) is 114 Å². The van der Waals surface area contributed by atoms with Gasteiger partial charge >= 0.3 is 6.09 Å². The van der Waals surface area contributed by atoms with Crippen molar-refractivity contribution < 1.29 is 14.3 Å². The van der Waals surface area contributed by atoms with E-state index < -0.39 is 0 Å². The van der Waals surface area contributed by atoms with E-state index in [-0.39, 0.29) is 12.0 Å². The Morgan fingerprint density at radius 2 is 1.97 bits per heavy atom. The Bertz CT molecular complexity index is 1490. The van der Waals surface area contributed by atoms with Gasteiger partial charge < -0.3 is 20.3 Å². The van der Waals surface area contributed by atoms with E-state index >= 15 is 0 Å². The number of hydrogen-bond donors (Lipinski definition) is 2. The van der Waals surface area contributed by atoms with Crippen LogP contribution in [0, 0.1) is 6.92 Å². The predicted octanol–water partition coefficient (Wildman–Crippen LogP) is 4.35. The summed E-state index contributed by atoms with van der Waals surface area (Å²) in [5.41, 5.74) is 6.05. The van der Waals surface area contributed by atoms with Gasteiger partial charge in [-0.2, -0.15) is 4.98 Å². The van der Waals surface area contributed by atoms with Gasteiger partial charge in [0, 0.05) is 42.3 Å². The first-order valence-corrected chi connectivity index (χ1v) is 12.5. The molecular formula is C28H29N7O3. The van der Waals surface area contributed by atoms with Gasteiger partial charge in [-0.15, -0.1) is 5.10 Å². The molecule has 0 spiro atoms. The summed E-state index contributed by atoms with van der Waals surface area (Å²) in [4.78, 5) is 35.2. The van der Waals surface area contributed by atoms with Gasteiger partial charge in [-0.3, -0.25) is 9.78 Å². The molecule has 1 aliphatic rings. The lowest BCUT2D eigenvalue weighted by Crippen LogP contribution is -2.35. The monoisotopic (exact) mass is 511 g/mol. The van der Waals surface area contributed by atoms with Crippen molar-refractivity contribution in [3.63, 3.8) is 0 Å². The number of nitrogens with zero attached hydrogens (tertiary/aromatic N) is 5. The maximum Gasteiger partial charge on any atom is 0.410 e. The molecule has 2 amide bonds. The first kappa shape index (κ1) is 24.9. The van der Waals surface area contributed by atoms with Crippen LogP contribution in [-0.4, -0.2) is 56.2 Å². The molecule has 0 fully saturated rings. The van der Waals surface area contributed by atoms with Crippen molar-refractivity contribution in [3.05, 3.63) is 89.4 Å². The molecule has 10 heteroatoms. The van der Waals surface area contributed by atoms with Crippen LogP contribution in [-0.2, 0) is 11.3 Å². The van der Waals surface area contributed by atoms with Gasteiger partial charge in [0.05, 0.1) is 18.8 Å². The number of nitrogens with one attached hydrogen (secondary N) is 2. The maximum atomic E-state index is 12.5. The summed E-state index contributed by atoms with van der Waals surface area (Å²) in [5.74, 6) is 0.280. The third-order valence-corrected chi connectivity index (χ3v) is 6.25. The lowest BCUT2D eigenvalue weighted by Gasteiger charge is -2.25. The smallest absolute Gasteiger partial charge is 0.410 e. The van der Waals surface area contributed by atoms with Gasteiger partial charge in [-0.1, -0.05) is 6.08 Å². The van der Waals surface area contributed by atoms with Crippen LogP contribution in [0.25, 0.3) is 11.2 Å². The Morgan fingerprint density at radius 3 is 2.71 bits per heavy atom. The highest BCUT2D eigenvalue weighted by molar-refractivity contribution is 5.94. The number of ether oxygens (including phenoxy) is 1. The molecule has 0 unspecified atom stereocenters. The summed E-state index contributed by atoms with van der Waals surface area (Å²) < 4.78 is 6.84. The molecule has 38 heavy (non-hydrogen) atoms. The Morgan fingerprint density at radius 1 is 1.13 bits per heavy atom. The molecule has 194 valence electrons. The number of carbonyl (C=O) groups is 2. The molecular weight excluding hydrogens is 482 g/mol. The van der Waals surface area contributed by atoms with Crippen molar-refractivity contribution in [2.45, 2.75) is 26.8 Å². The van der Waals surface area contributed by atoms with Crippen LogP contribution in [0.1, 0.15) is 40.5 Å². The second kappa shape index (κ2) is 11.1. The fourth-order valence-corrected chi connectivity index (χ4v) is 4.31. The van der Waals surface area contributed by atoms with Crippen molar-refractivity contribution in [1.29, 1.82) is 0 Å². The quantitative estimate of drug-likeness (QED) is 0.379. The third-order valence-electron chi connectivity index (χ3n) is 6.25. The van der Waals surface area contributed by atoms with E-state index in [0.29, 0.717) is 44.2 Å². The zero-order chi connectivity index (χ0) is 26.5. The molecule has 1 aromatic carbocycles. The van der Waals surface area contributed by atoms with Gasteiger partial charge in [-0.25, -0.2) is 9.31 Å². The lowest BCUT2D eigenvalue weighted by molar-refractivity contribution is 0.0950. The highest BCUT2D eigenvalue weighted by Crippen LogP contribution is 2.26. The van der Waals surface area contributed by atoms with E-state index in [2.05, 4.69) is 20.7 Å². The molecule has 4 heterocycles. The highest BCUT2D eigenvalue weighted by Gasteiger charge is 2.20. The van der Waals surface area contributed by atoms with Crippen LogP contribution in [0.15, 0.2) is 67.0 Å². The summed E-state index contributed by atoms with van der Waals surface area (Å²) >= 11 is 0. The number of hydrogen-bond acceptors (Lipinski definition) is 7. The number of aromatic nitrogens is 4. The van der Waals surface area contributed by atoms with Crippen molar-refractivity contribution in [1.82, 2.24) is 29.8 Å². The van der Waals surface area contributed by atoms with Crippen LogP contribution >= 0.6 is 0 Å². The molecule has 5 rings (SSSR count). The van der Waals surface area contributed by atoms with Gasteiger partial charge in [0.2, 0.25) is 5.95 Å². The summed E-state index contributed by atoms with van der Waals surface area (Å²) in [6.07, 6.45) is 6.04. The fourth-order valence-electron chi connectivity index (χ4n) is 4.31. The van der Waals surface area contributed by atoms with Crippen LogP contribution < -0.4 is 10.6 Å². The number of amides is 2. The van der Waals surface area contributed by atoms with Gasteiger partial charge in [-0.05, 0) is 79.9 Å². The molecule has 4 aromatic rings.